The van der Waals surface area contributed by atoms with Gasteiger partial charge in [-0.3, -0.25) is 0 Å². The van der Waals surface area contributed by atoms with Crippen molar-refractivity contribution >= 4 is 22.9 Å². The van der Waals surface area contributed by atoms with Crippen molar-refractivity contribution < 1.29 is 3.76 Å². The van der Waals surface area contributed by atoms with Crippen molar-refractivity contribution in [2.45, 2.75) is 132 Å². The fourth-order valence-corrected chi connectivity index (χ4v) is 77.7. The van der Waals surface area contributed by atoms with E-state index in [1.165, 1.54) is 32.1 Å². The second-order valence-electron chi connectivity index (χ2n) is 10.5. The molecule has 156 valence electrons. The third-order valence-corrected chi connectivity index (χ3v) is 68.0. The quantitative estimate of drug-likeness (QED) is 0.281. The molecule has 1 rings (SSSR count). The Bertz CT molecular complexity index is 390. The molecule has 0 unspecified atom stereocenters. The topological polar surface area (TPSA) is 9.23 Å². The molecule has 1 fully saturated rings. The standard InChI is InChI=1S/C23H50Ge2O/c1-11-13-16-24(17-14-12-2)18-15-23(19(3)4,20(5)6)26-25(24,21(7)8)22(9)10/h19-22H,11-18H2,1-10H3. The second-order valence-corrected chi connectivity index (χ2v) is 47.7. The predicted molar refractivity (Wildman–Crippen MR) is 124 cm³/mol. The Morgan fingerprint density at radius 2 is 1.19 bits per heavy atom. The number of unbranched alkanes of at least 4 members (excludes halogenated alkanes) is 2. The molecule has 0 radical (unpaired) electrons. The summed E-state index contributed by atoms with van der Waals surface area (Å²) in [6.07, 6.45) is 7.04. The average Bonchev–Trinajstić information content (AvgIpc) is 2.57. The summed E-state index contributed by atoms with van der Waals surface area (Å²) in [6, 6.07) is 0. The van der Waals surface area contributed by atoms with E-state index in [1.807, 2.05) is 0 Å². The molecule has 0 aromatic heterocycles. The zero-order valence-corrected chi connectivity index (χ0v) is 24.1. The van der Waals surface area contributed by atoms with Gasteiger partial charge in [-0.1, -0.05) is 0 Å². The Kier molecular flexibility index (Phi) is 9.83. The van der Waals surface area contributed by atoms with Crippen LogP contribution in [0.3, 0.4) is 0 Å². The first-order chi connectivity index (χ1) is 12.1. The van der Waals surface area contributed by atoms with Crippen LogP contribution in [0, 0.1) is 11.8 Å². The van der Waals surface area contributed by atoms with Crippen LogP contribution in [0.25, 0.3) is 0 Å². The van der Waals surface area contributed by atoms with Gasteiger partial charge in [0.1, 0.15) is 0 Å². The van der Waals surface area contributed by atoms with Gasteiger partial charge in [0.2, 0.25) is 0 Å². The van der Waals surface area contributed by atoms with Crippen molar-refractivity contribution in [3.05, 3.63) is 0 Å². The fraction of sp³-hybridized carbons (Fsp3) is 1.00. The van der Waals surface area contributed by atoms with E-state index in [1.54, 1.807) is 15.8 Å². The van der Waals surface area contributed by atoms with Crippen molar-refractivity contribution in [1.29, 1.82) is 0 Å². The van der Waals surface area contributed by atoms with Crippen LogP contribution in [0.4, 0.5) is 0 Å². The predicted octanol–water partition coefficient (Wildman–Crippen LogP) is 8.35. The van der Waals surface area contributed by atoms with Gasteiger partial charge in [0.25, 0.3) is 0 Å². The van der Waals surface area contributed by atoms with E-state index in [9.17, 15) is 0 Å². The molecule has 1 nitrogen and oxygen atoms in total. The third-order valence-electron chi connectivity index (χ3n) is 7.87. The second kappa shape index (κ2) is 10.2. The van der Waals surface area contributed by atoms with Gasteiger partial charge in [-0.2, -0.15) is 0 Å². The summed E-state index contributed by atoms with van der Waals surface area (Å²) in [7, 11) is 0. The summed E-state index contributed by atoms with van der Waals surface area (Å²) >= 11 is -4.45. The molecular formula is C23H50Ge2O. The Morgan fingerprint density at radius 1 is 0.769 bits per heavy atom. The van der Waals surface area contributed by atoms with E-state index >= 15 is 0 Å². The first-order valence-electron chi connectivity index (χ1n) is 11.8. The molecule has 0 aliphatic carbocycles. The maximum absolute atomic E-state index is 7.79. The molecular weight excluding hydrogens is 437 g/mol. The van der Waals surface area contributed by atoms with Crippen LogP contribution < -0.4 is 0 Å². The normalized spacial score (nSPS) is 21.9. The summed E-state index contributed by atoms with van der Waals surface area (Å²) in [5.41, 5.74) is 0.154. The van der Waals surface area contributed by atoms with E-state index in [2.05, 4.69) is 69.2 Å². The SMILES string of the molecule is CCC[CH2][Ge]1([CH2]CCC)[CH2]CC(C(C)C)(C(C)C)[O][Ge]1([CH](C)C)[CH](C)C. The van der Waals surface area contributed by atoms with Crippen LogP contribution in [0.1, 0.15) is 101 Å². The van der Waals surface area contributed by atoms with Gasteiger partial charge >= 0.3 is 171 Å². The monoisotopic (exact) mass is 490 g/mol. The van der Waals surface area contributed by atoms with Crippen molar-refractivity contribution in [3.8, 4) is 0 Å². The zero-order chi connectivity index (χ0) is 20.2. The van der Waals surface area contributed by atoms with Gasteiger partial charge in [0.15, 0.2) is 0 Å². The maximum atomic E-state index is 7.79. The molecule has 1 aliphatic heterocycles. The van der Waals surface area contributed by atoms with E-state index in [4.69, 9.17) is 3.76 Å². The molecule has 26 heavy (non-hydrogen) atoms. The minimum atomic E-state index is -2.44. The molecule has 0 bridgehead atoms. The van der Waals surface area contributed by atoms with E-state index in [0.717, 1.165) is 9.50 Å². The molecule has 3 heteroatoms. The van der Waals surface area contributed by atoms with Crippen LogP contribution in [-0.4, -0.2) is 28.5 Å². The van der Waals surface area contributed by atoms with Gasteiger partial charge in [0, 0.05) is 0 Å². The van der Waals surface area contributed by atoms with Gasteiger partial charge in [-0.05, 0) is 0 Å². The number of hydrogen-bond donors (Lipinski definition) is 0. The van der Waals surface area contributed by atoms with Gasteiger partial charge < -0.3 is 0 Å². The Labute approximate surface area is 170 Å². The molecule has 0 atom stereocenters. The van der Waals surface area contributed by atoms with Crippen LogP contribution in [0.15, 0.2) is 0 Å². The average molecular weight is 488 g/mol. The molecule has 0 aromatic carbocycles. The third kappa shape index (κ3) is 4.45. The minimum absolute atomic E-state index is 0.154. The molecule has 0 spiro atoms. The van der Waals surface area contributed by atoms with Gasteiger partial charge in [0.05, 0.1) is 0 Å². The fourth-order valence-electron chi connectivity index (χ4n) is 6.51. The molecule has 1 heterocycles. The summed E-state index contributed by atoms with van der Waals surface area (Å²) in [4.78, 5) is 0. The molecule has 0 saturated carbocycles. The van der Waals surface area contributed by atoms with Gasteiger partial charge in [-0.25, -0.2) is 0 Å². The zero-order valence-electron chi connectivity index (χ0n) is 19.9. The van der Waals surface area contributed by atoms with E-state index in [-0.39, 0.29) is 5.60 Å². The first-order valence-corrected chi connectivity index (χ1v) is 26.0. The molecule has 0 aromatic rings. The Morgan fingerprint density at radius 3 is 1.50 bits per heavy atom. The van der Waals surface area contributed by atoms with E-state index in [0.29, 0.717) is 11.8 Å². The van der Waals surface area contributed by atoms with Crippen molar-refractivity contribution in [2.75, 3.05) is 0 Å². The Balaban J connectivity index is 3.54. The molecule has 0 N–H and O–H groups in total. The van der Waals surface area contributed by atoms with E-state index < -0.39 is 22.9 Å². The van der Waals surface area contributed by atoms with Crippen LogP contribution in [-0.2, 0) is 3.76 Å². The van der Waals surface area contributed by atoms with Crippen molar-refractivity contribution in [3.63, 3.8) is 0 Å². The summed E-state index contributed by atoms with van der Waals surface area (Å²) in [6.45, 7) is 24.8. The van der Waals surface area contributed by atoms with Gasteiger partial charge in [-0.15, -0.1) is 0 Å². The summed E-state index contributed by atoms with van der Waals surface area (Å²) in [5, 5.41) is 4.84. The number of hydrogen-bond acceptors (Lipinski definition) is 1. The van der Waals surface area contributed by atoms with Crippen LogP contribution in [0.2, 0.25) is 25.3 Å². The van der Waals surface area contributed by atoms with Crippen molar-refractivity contribution in [1.82, 2.24) is 0 Å². The summed E-state index contributed by atoms with van der Waals surface area (Å²) in [5.74, 6) is 1.28. The van der Waals surface area contributed by atoms with Crippen LogP contribution >= 0.6 is 0 Å². The van der Waals surface area contributed by atoms with Crippen LogP contribution in [0.5, 0.6) is 0 Å². The molecule has 1 saturated heterocycles. The molecule has 1 aliphatic rings. The van der Waals surface area contributed by atoms with Crippen molar-refractivity contribution in [2.24, 2.45) is 11.8 Å². The number of rotatable bonds is 10. The Hall–Kier alpha value is 1.05. The molecule has 0 amide bonds. The summed E-state index contributed by atoms with van der Waals surface area (Å²) < 4.78 is 9.43. The first kappa shape index (κ1) is 25.1.